The summed E-state index contributed by atoms with van der Waals surface area (Å²) < 4.78 is 39.2. The molecule has 2 rings (SSSR count). The van der Waals surface area contributed by atoms with Crippen molar-refractivity contribution in [3.63, 3.8) is 0 Å². The van der Waals surface area contributed by atoms with Crippen LogP contribution in [0.1, 0.15) is 17.4 Å². The van der Waals surface area contributed by atoms with Crippen LogP contribution in [0.4, 0.5) is 8.78 Å². The Morgan fingerprint density at radius 1 is 1.37 bits per heavy atom. The van der Waals surface area contributed by atoms with Gasteiger partial charge in [-0.2, -0.15) is 8.78 Å². The first-order valence-electron chi connectivity index (χ1n) is 5.32. The number of aryl methyl sites for hydroxylation is 1. The molecule has 2 N–H and O–H groups in total. The number of fused-ring (bicyclic) bond motifs is 1. The van der Waals surface area contributed by atoms with Crippen molar-refractivity contribution in [2.75, 3.05) is 0 Å². The van der Waals surface area contributed by atoms with E-state index in [9.17, 15) is 13.3 Å². The molecule has 0 bridgehead atoms. The third-order valence-electron chi connectivity index (χ3n) is 2.70. The molecule has 3 nitrogen and oxygen atoms in total. The molecule has 0 saturated heterocycles. The molecule has 0 spiro atoms. The molecule has 1 heterocycles. The largest absolute Gasteiger partial charge is 0.399 e. The maximum absolute atomic E-state index is 13.8. The second-order valence-corrected chi connectivity index (χ2v) is 7.69. The molecule has 0 amide bonds. The molecule has 0 aliphatic carbocycles. The summed E-state index contributed by atoms with van der Waals surface area (Å²) in [7, 11) is -5.56. The van der Waals surface area contributed by atoms with E-state index in [1.807, 2.05) is 6.92 Å². The Balaban J connectivity index is 2.68. The quantitative estimate of drug-likeness (QED) is 0.784. The lowest BCUT2D eigenvalue weighted by Gasteiger charge is -2.19. The van der Waals surface area contributed by atoms with Crippen molar-refractivity contribution in [1.82, 2.24) is 0 Å². The van der Waals surface area contributed by atoms with E-state index in [-0.39, 0.29) is 4.47 Å². The van der Waals surface area contributed by atoms with Crippen LogP contribution in [0.2, 0.25) is 0 Å². The van der Waals surface area contributed by atoms with E-state index < -0.39 is 18.8 Å². The third kappa shape index (κ3) is 2.62. The average molecular weight is 371 g/mol. The van der Waals surface area contributed by atoms with Crippen LogP contribution < -0.4 is 0 Å². The summed E-state index contributed by atoms with van der Waals surface area (Å²) in [6.45, 7) is 1.95. The van der Waals surface area contributed by atoms with Gasteiger partial charge in [-0.1, -0.05) is 22.9 Å². The zero-order valence-electron chi connectivity index (χ0n) is 9.73. The van der Waals surface area contributed by atoms with E-state index >= 15 is 0 Å². The zero-order chi connectivity index (χ0) is 14.4. The molecule has 1 aromatic carbocycles. The van der Waals surface area contributed by atoms with E-state index in [2.05, 4.69) is 15.9 Å². The highest BCUT2D eigenvalue weighted by Crippen LogP contribution is 2.60. The van der Waals surface area contributed by atoms with Gasteiger partial charge in [-0.15, -0.1) is 11.3 Å². The minimum absolute atomic E-state index is 0.00201. The van der Waals surface area contributed by atoms with Gasteiger partial charge in [0, 0.05) is 19.6 Å². The highest BCUT2D eigenvalue weighted by Gasteiger charge is 2.51. The summed E-state index contributed by atoms with van der Waals surface area (Å²) in [5.41, 5.74) is -4.89. The summed E-state index contributed by atoms with van der Waals surface area (Å²) in [4.78, 5) is 18.6. The van der Waals surface area contributed by atoms with E-state index in [0.29, 0.717) is 5.39 Å². The molecule has 19 heavy (non-hydrogen) atoms. The van der Waals surface area contributed by atoms with Crippen LogP contribution in [-0.4, -0.2) is 9.79 Å². The number of rotatable bonds is 3. The number of halogens is 3. The molecule has 1 aromatic heterocycles. The van der Waals surface area contributed by atoms with Crippen molar-refractivity contribution < 1.29 is 23.1 Å². The van der Waals surface area contributed by atoms with Gasteiger partial charge in [0.25, 0.3) is 0 Å². The number of alkyl halides is 2. The standard InChI is InChI=1S/C11H10BrF2O3PS/c1-2-7-3-6-4-8(9(12)5-10(6)19-7)11(13,14)18(15,16)17/h3-5H,2H2,1H3,(H2,15,16,17). The fourth-order valence-corrected chi connectivity index (χ4v) is 4.10. The fourth-order valence-electron chi connectivity index (χ4n) is 1.68. The van der Waals surface area contributed by atoms with Gasteiger partial charge < -0.3 is 9.79 Å². The molecule has 2 aromatic rings. The van der Waals surface area contributed by atoms with E-state index in [0.717, 1.165) is 22.1 Å². The minimum atomic E-state index is -5.56. The summed E-state index contributed by atoms with van der Waals surface area (Å²) in [5.74, 6) is 0. The first-order valence-corrected chi connectivity index (χ1v) is 8.55. The second-order valence-electron chi connectivity index (χ2n) is 4.02. The SMILES string of the molecule is CCc1cc2cc(C(F)(F)P(=O)(O)O)c(Br)cc2s1. The van der Waals surface area contributed by atoms with Crippen molar-refractivity contribution in [2.24, 2.45) is 0 Å². The highest BCUT2D eigenvalue weighted by atomic mass is 79.9. The maximum Gasteiger partial charge on any atom is 0.399 e. The minimum Gasteiger partial charge on any atom is -0.320 e. The van der Waals surface area contributed by atoms with Gasteiger partial charge in [-0.05, 0) is 30.0 Å². The highest BCUT2D eigenvalue weighted by molar-refractivity contribution is 9.10. The first-order chi connectivity index (χ1) is 8.66. The Hall–Kier alpha value is -0.330. The molecule has 0 saturated carbocycles. The Bertz CT molecular complexity index is 680. The van der Waals surface area contributed by atoms with Crippen LogP contribution in [-0.2, 0) is 16.6 Å². The Kier molecular flexibility index (Phi) is 3.88. The molecule has 104 valence electrons. The number of hydrogen-bond acceptors (Lipinski definition) is 2. The van der Waals surface area contributed by atoms with E-state index in [4.69, 9.17) is 9.79 Å². The average Bonchev–Trinajstić information content (AvgIpc) is 2.68. The van der Waals surface area contributed by atoms with E-state index in [1.54, 1.807) is 6.07 Å². The van der Waals surface area contributed by atoms with Crippen molar-refractivity contribution in [2.45, 2.75) is 19.0 Å². The van der Waals surface area contributed by atoms with Gasteiger partial charge in [-0.25, -0.2) is 0 Å². The van der Waals surface area contributed by atoms with Gasteiger partial charge >= 0.3 is 13.3 Å². The van der Waals surface area contributed by atoms with Crippen LogP contribution >= 0.6 is 34.9 Å². The second kappa shape index (κ2) is 4.90. The first kappa shape index (κ1) is 15.1. The fraction of sp³-hybridized carbons (Fsp3) is 0.273. The lowest BCUT2D eigenvalue weighted by Crippen LogP contribution is -2.14. The molecule has 0 aliphatic rings. The normalized spacial score (nSPS) is 13.2. The Morgan fingerprint density at radius 2 is 2.00 bits per heavy atom. The topological polar surface area (TPSA) is 57.5 Å². The smallest absolute Gasteiger partial charge is 0.320 e. The Morgan fingerprint density at radius 3 is 2.53 bits per heavy atom. The third-order valence-corrected chi connectivity index (χ3v) is 5.57. The van der Waals surface area contributed by atoms with Crippen LogP contribution in [0, 0.1) is 0 Å². The summed E-state index contributed by atoms with van der Waals surface area (Å²) in [6, 6.07) is 4.36. The number of benzene rings is 1. The van der Waals surface area contributed by atoms with Crippen molar-refractivity contribution >= 4 is 44.9 Å². The molecule has 0 unspecified atom stereocenters. The van der Waals surface area contributed by atoms with Gasteiger partial charge in [-0.3, -0.25) is 4.57 Å². The summed E-state index contributed by atoms with van der Waals surface area (Å²) >= 11 is 4.43. The number of hydrogen-bond donors (Lipinski definition) is 2. The molecular weight excluding hydrogens is 361 g/mol. The van der Waals surface area contributed by atoms with Gasteiger partial charge in [0.15, 0.2) is 0 Å². The maximum atomic E-state index is 13.8. The predicted octanol–water partition coefficient (Wildman–Crippen LogP) is 4.45. The van der Waals surface area contributed by atoms with Crippen molar-refractivity contribution in [3.8, 4) is 0 Å². The lowest BCUT2D eigenvalue weighted by atomic mass is 10.1. The zero-order valence-corrected chi connectivity index (χ0v) is 13.0. The van der Waals surface area contributed by atoms with Gasteiger partial charge in [0.05, 0.1) is 0 Å². The van der Waals surface area contributed by atoms with Crippen molar-refractivity contribution in [3.05, 3.63) is 33.1 Å². The molecule has 0 fully saturated rings. The molecular formula is C11H10BrF2O3PS. The summed E-state index contributed by atoms with van der Waals surface area (Å²) in [5, 5.41) is 0.563. The predicted molar refractivity (Wildman–Crippen MR) is 74.8 cm³/mol. The number of thiophene rings is 1. The summed E-state index contributed by atoms with van der Waals surface area (Å²) in [6.07, 6.45) is 0.779. The molecule has 8 heteroatoms. The van der Waals surface area contributed by atoms with Crippen LogP contribution in [0.15, 0.2) is 22.7 Å². The monoisotopic (exact) mass is 370 g/mol. The lowest BCUT2D eigenvalue weighted by molar-refractivity contribution is 0.0559. The van der Waals surface area contributed by atoms with Crippen LogP contribution in [0.3, 0.4) is 0 Å². The van der Waals surface area contributed by atoms with E-state index in [1.165, 1.54) is 17.4 Å². The molecule has 0 aliphatic heterocycles. The van der Waals surface area contributed by atoms with Gasteiger partial charge in [0.2, 0.25) is 0 Å². The van der Waals surface area contributed by atoms with Crippen LogP contribution in [0.25, 0.3) is 10.1 Å². The molecule has 0 radical (unpaired) electrons. The Labute approximate surface area is 120 Å². The molecule has 0 atom stereocenters. The van der Waals surface area contributed by atoms with Crippen LogP contribution in [0.5, 0.6) is 0 Å². The van der Waals surface area contributed by atoms with Crippen molar-refractivity contribution in [1.29, 1.82) is 0 Å². The van der Waals surface area contributed by atoms with Gasteiger partial charge in [0.1, 0.15) is 0 Å².